The highest BCUT2D eigenvalue weighted by molar-refractivity contribution is 5.96. The van der Waals surface area contributed by atoms with E-state index in [9.17, 15) is 14.0 Å². The van der Waals surface area contributed by atoms with E-state index in [4.69, 9.17) is 4.52 Å². The molecule has 8 heteroatoms. The second-order valence-electron chi connectivity index (χ2n) is 5.23. The lowest BCUT2D eigenvalue weighted by Gasteiger charge is -2.21. The smallest absolute Gasteiger partial charge is 0.322 e. The van der Waals surface area contributed by atoms with E-state index in [1.54, 1.807) is 19.1 Å². The Hall–Kier alpha value is -2.90. The van der Waals surface area contributed by atoms with E-state index in [0.717, 1.165) is 0 Å². The fraction of sp³-hybridized carbons (Fsp3) is 0.312. The van der Waals surface area contributed by atoms with Crippen molar-refractivity contribution in [1.82, 2.24) is 10.1 Å². The number of nitrogens with one attached hydrogen (secondary N) is 2. The van der Waals surface area contributed by atoms with Gasteiger partial charge in [-0.2, -0.15) is 0 Å². The summed E-state index contributed by atoms with van der Waals surface area (Å²) in [6, 6.07) is 6.66. The Bertz CT molecular complexity index is 717. The van der Waals surface area contributed by atoms with E-state index < -0.39 is 17.8 Å². The summed E-state index contributed by atoms with van der Waals surface area (Å²) in [5.41, 5.74) is 0.327. The molecular formula is C16H19FN4O3. The molecule has 1 heterocycles. The highest BCUT2D eigenvalue weighted by Gasteiger charge is 2.17. The van der Waals surface area contributed by atoms with Crippen LogP contribution in [0.5, 0.6) is 0 Å². The average Bonchev–Trinajstić information content (AvgIpc) is 2.91. The molecular weight excluding hydrogens is 315 g/mol. The van der Waals surface area contributed by atoms with Gasteiger partial charge < -0.3 is 20.1 Å². The summed E-state index contributed by atoms with van der Waals surface area (Å²) >= 11 is 0. The molecule has 0 aliphatic rings. The molecule has 2 aromatic rings. The minimum absolute atomic E-state index is 0.152. The van der Waals surface area contributed by atoms with Crippen LogP contribution in [-0.4, -0.2) is 35.1 Å². The summed E-state index contributed by atoms with van der Waals surface area (Å²) in [5.74, 6) is 0.0131. The zero-order chi connectivity index (χ0) is 17.5. The number of urea groups is 1. The number of aryl methyl sites for hydroxylation is 1. The topological polar surface area (TPSA) is 87.5 Å². The molecule has 0 saturated heterocycles. The molecule has 0 bridgehead atoms. The van der Waals surface area contributed by atoms with Crippen LogP contribution in [0.4, 0.5) is 20.7 Å². The van der Waals surface area contributed by atoms with Crippen LogP contribution in [0.15, 0.2) is 34.9 Å². The van der Waals surface area contributed by atoms with Gasteiger partial charge in [0, 0.05) is 18.3 Å². The van der Waals surface area contributed by atoms with Crippen LogP contribution in [0.3, 0.4) is 0 Å². The number of benzene rings is 1. The summed E-state index contributed by atoms with van der Waals surface area (Å²) in [6.45, 7) is 3.83. The second-order valence-corrected chi connectivity index (χ2v) is 5.23. The molecule has 1 aromatic carbocycles. The van der Waals surface area contributed by atoms with Crippen molar-refractivity contribution in [2.75, 3.05) is 23.7 Å². The summed E-state index contributed by atoms with van der Waals surface area (Å²) in [7, 11) is 0. The van der Waals surface area contributed by atoms with Gasteiger partial charge in [0.05, 0.1) is 0 Å². The lowest BCUT2D eigenvalue weighted by Crippen LogP contribution is -2.41. The van der Waals surface area contributed by atoms with Crippen LogP contribution < -0.4 is 10.6 Å². The van der Waals surface area contributed by atoms with Gasteiger partial charge in [-0.05, 0) is 31.5 Å². The Morgan fingerprint density at radius 3 is 2.71 bits per heavy atom. The third-order valence-electron chi connectivity index (χ3n) is 3.09. The maximum absolute atomic E-state index is 13.2. The van der Waals surface area contributed by atoms with Gasteiger partial charge in [-0.1, -0.05) is 18.1 Å². The molecule has 3 amide bonds. The molecule has 24 heavy (non-hydrogen) atoms. The van der Waals surface area contributed by atoms with E-state index in [2.05, 4.69) is 15.8 Å². The number of rotatable bonds is 6. The first kappa shape index (κ1) is 17.5. The number of nitrogens with zero attached hydrogens (tertiary/aromatic N) is 2. The molecule has 0 spiro atoms. The van der Waals surface area contributed by atoms with Gasteiger partial charge in [-0.15, -0.1) is 0 Å². The Kier molecular flexibility index (Phi) is 5.89. The molecule has 2 N–H and O–H groups in total. The van der Waals surface area contributed by atoms with E-state index in [1.807, 2.05) is 6.92 Å². The maximum atomic E-state index is 13.2. The molecule has 0 saturated carbocycles. The van der Waals surface area contributed by atoms with Gasteiger partial charge in [0.1, 0.15) is 18.1 Å². The normalized spacial score (nSPS) is 10.3. The zero-order valence-corrected chi connectivity index (χ0v) is 13.5. The molecule has 1 aromatic heterocycles. The predicted octanol–water partition coefficient (Wildman–Crippen LogP) is 3.00. The third kappa shape index (κ3) is 5.08. The number of carbonyl (C=O) groups excluding carboxylic acids is 2. The van der Waals surface area contributed by atoms with Gasteiger partial charge in [0.25, 0.3) is 0 Å². The number of hydrogen-bond donors (Lipinski definition) is 2. The largest absolute Gasteiger partial charge is 0.360 e. The van der Waals surface area contributed by atoms with Crippen LogP contribution in [0.25, 0.3) is 0 Å². The Labute approximate surface area is 138 Å². The van der Waals surface area contributed by atoms with Crippen LogP contribution >= 0.6 is 0 Å². The molecule has 0 aliphatic carbocycles. The van der Waals surface area contributed by atoms with Crippen LogP contribution in [0.2, 0.25) is 0 Å². The lowest BCUT2D eigenvalue weighted by molar-refractivity contribution is -0.116. The molecule has 0 aliphatic heterocycles. The van der Waals surface area contributed by atoms with Crippen LogP contribution in [0.1, 0.15) is 19.1 Å². The van der Waals surface area contributed by atoms with Gasteiger partial charge in [0.15, 0.2) is 5.82 Å². The van der Waals surface area contributed by atoms with E-state index >= 15 is 0 Å². The molecule has 7 nitrogen and oxygen atoms in total. The summed E-state index contributed by atoms with van der Waals surface area (Å²) in [5, 5.41) is 8.79. The van der Waals surface area contributed by atoms with Crippen molar-refractivity contribution in [3.8, 4) is 0 Å². The Balaban J connectivity index is 1.97. The number of hydrogen-bond acceptors (Lipinski definition) is 4. The van der Waals surface area contributed by atoms with E-state index in [-0.39, 0.29) is 6.54 Å². The van der Waals surface area contributed by atoms with Crippen LogP contribution in [0, 0.1) is 12.7 Å². The summed E-state index contributed by atoms with van der Waals surface area (Å²) in [6.07, 6.45) is 0.674. The Morgan fingerprint density at radius 2 is 2.08 bits per heavy atom. The predicted molar refractivity (Wildman–Crippen MR) is 87.2 cm³/mol. The minimum Gasteiger partial charge on any atom is -0.360 e. The summed E-state index contributed by atoms with van der Waals surface area (Å²) in [4.78, 5) is 25.7. The van der Waals surface area contributed by atoms with Crippen molar-refractivity contribution in [3.05, 3.63) is 41.9 Å². The second kappa shape index (κ2) is 8.09. The fourth-order valence-electron chi connectivity index (χ4n) is 2.07. The SMILES string of the molecule is CCCN(CC(=O)Nc1cc(C)on1)C(=O)Nc1cccc(F)c1. The molecule has 0 fully saturated rings. The average molecular weight is 334 g/mol. The number of carbonyl (C=O) groups is 2. The molecule has 2 rings (SSSR count). The zero-order valence-electron chi connectivity index (χ0n) is 13.5. The van der Waals surface area contributed by atoms with Gasteiger partial charge in [-0.3, -0.25) is 4.79 Å². The van der Waals surface area contributed by atoms with Crippen molar-refractivity contribution in [2.24, 2.45) is 0 Å². The Morgan fingerprint density at radius 1 is 1.29 bits per heavy atom. The minimum atomic E-state index is -0.478. The number of amides is 3. The molecule has 0 atom stereocenters. The van der Waals surface area contributed by atoms with Gasteiger partial charge in [-0.25, -0.2) is 9.18 Å². The van der Waals surface area contributed by atoms with Crippen molar-refractivity contribution >= 4 is 23.4 Å². The maximum Gasteiger partial charge on any atom is 0.322 e. The fourth-order valence-corrected chi connectivity index (χ4v) is 2.07. The molecule has 128 valence electrons. The van der Waals surface area contributed by atoms with Crippen molar-refractivity contribution < 1.29 is 18.5 Å². The summed E-state index contributed by atoms with van der Waals surface area (Å²) < 4.78 is 18.0. The van der Waals surface area contributed by atoms with E-state index in [0.29, 0.717) is 30.2 Å². The first-order valence-corrected chi connectivity index (χ1v) is 7.52. The number of halogens is 1. The van der Waals surface area contributed by atoms with Crippen molar-refractivity contribution in [1.29, 1.82) is 0 Å². The van der Waals surface area contributed by atoms with Gasteiger partial charge >= 0.3 is 6.03 Å². The number of anilines is 2. The lowest BCUT2D eigenvalue weighted by atomic mass is 10.3. The first-order chi connectivity index (χ1) is 11.5. The van der Waals surface area contributed by atoms with Gasteiger partial charge in [0.2, 0.25) is 5.91 Å². The monoisotopic (exact) mass is 334 g/mol. The highest BCUT2D eigenvalue weighted by Crippen LogP contribution is 2.11. The quantitative estimate of drug-likeness (QED) is 0.850. The van der Waals surface area contributed by atoms with Crippen LogP contribution in [-0.2, 0) is 4.79 Å². The van der Waals surface area contributed by atoms with Crippen molar-refractivity contribution in [2.45, 2.75) is 20.3 Å². The third-order valence-corrected chi connectivity index (χ3v) is 3.09. The first-order valence-electron chi connectivity index (χ1n) is 7.52. The van der Waals surface area contributed by atoms with E-state index in [1.165, 1.54) is 23.1 Å². The molecule has 0 unspecified atom stereocenters. The standard InChI is InChI=1S/C16H19FN4O3/c1-3-7-21(10-15(22)19-14-8-11(2)24-20-14)16(23)18-13-6-4-5-12(17)9-13/h4-6,8-9H,3,7,10H2,1-2H3,(H,18,23)(H,19,20,22). The molecule has 0 radical (unpaired) electrons. The number of aromatic nitrogens is 1. The van der Waals surface area contributed by atoms with Crippen molar-refractivity contribution in [3.63, 3.8) is 0 Å². The highest BCUT2D eigenvalue weighted by atomic mass is 19.1.